The van der Waals surface area contributed by atoms with Gasteiger partial charge in [-0.1, -0.05) is 28.1 Å². The Morgan fingerprint density at radius 1 is 1.22 bits per heavy atom. The molecule has 1 aromatic carbocycles. The van der Waals surface area contributed by atoms with Crippen LogP contribution in [0.5, 0.6) is 6.01 Å². The highest BCUT2D eigenvalue weighted by Crippen LogP contribution is 2.24. The first-order valence-electron chi connectivity index (χ1n) is 5.49. The van der Waals surface area contributed by atoms with Crippen LogP contribution >= 0.6 is 15.9 Å². The first kappa shape index (κ1) is 13.0. The second-order valence-corrected chi connectivity index (χ2v) is 4.84. The van der Waals surface area contributed by atoms with E-state index in [4.69, 9.17) is 10.5 Å². The number of hydrogen-bond acceptors (Lipinski definition) is 4. The third-order valence-electron chi connectivity index (χ3n) is 2.73. The quantitative estimate of drug-likeness (QED) is 0.947. The van der Waals surface area contributed by atoms with Gasteiger partial charge in [0.1, 0.15) is 0 Å². The van der Waals surface area contributed by atoms with Gasteiger partial charge in [0.15, 0.2) is 0 Å². The van der Waals surface area contributed by atoms with Crippen molar-refractivity contribution in [1.82, 2.24) is 9.97 Å². The number of nitrogens with zero attached hydrogens (tertiary/aromatic N) is 2. The predicted molar refractivity (Wildman–Crippen MR) is 73.5 cm³/mol. The number of halogens is 1. The minimum atomic E-state index is -0.234. The number of aromatic nitrogens is 2. The van der Waals surface area contributed by atoms with Gasteiger partial charge in [0.2, 0.25) is 0 Å². The summed E-state index contributed by atoms with van der Waals surface area (Å²) < 4.78 is 5.99. The van der Waals surface area contributed by atoms with Gasteiger partial charge in [-0.2, -0.15) is 0 Å². The Kier molecular flexibility index (Phi) is 3.93. The molecule has 0 fully saturated rings. The van der Waals surface area contributed by atoms with Gasteiger partial charge in [0, 0.05) is 22.4 Å². The van der Waals surface area contributed by atoms with E-state index in [0.29, 0.717) is 6.01 Å². The number of rotatable bonds is 3. The second-order valence-electron chi connectivity index (χ2n) is 3.99. The molecule has 2 N–H and O–H groups in total. The van der Waals surface area contributed by atoms with Crippen LogP contribution in [0.3, 0.4) is 0 Å². The third-order valence-corrected chi connectivity index (χ3v) is 3.62. The number of aryl methyl sites for hydroxylation is 1. The summed E-state index contributed by atoms with van der Waals surface area (Å²) in [4.78, 5) is 8.12. The molecule has 2 aromatic rings. The van der Waals surface area contributed by atoms with Crippen molar-refractivity contribution in [1.29, 1.82) is 0 Å². The number of methoxy groups -OCH3 is 1. The number of nitrogens with two attached hydrogens (primary N) is 1. The van der Waals surface area contributed by atoms with Crippen molar-refractivity contribution in [2.45, 2.75) is 13.0 Å². The van der Waals surface area contributed by atoms with Crippen molar-refractivity contribution < 1.29 is 4.74 Å². The zero-order chi connectivity index (χ0) is 13.1. The molecule has 0 aliphatic carbocycles. The van der Waals surface area contributed by atoms with E-state index in [0.717, 1.165) is 21.2 Å². The van der Waals surface area contributed by atoms with Crippen LogP contribution in [-0.4, -0.2) is 17.1 Å². The summed E-state index contributed by atoms with van der Waals surface area (Å²) in [5.74, 6) is 0. The van der Waals surface area contributed by atoms with Crippen LogP contribution in [-0.2, 0) is 0 Å². The Bertz CT molecular complexity index is 542. The molecule has 1 unspecified atom stereocenters. The summed E-state index contributed by atoms with van der Waals surface area (Å²) in [6.07, 6.45) is 3.38. The summed E-state index contributed by atoms with van der Waals surface area (Å²) in [6.45, 7) is 2.03. The third kappa shape index (κ3) is 2.68. The number of benzene rings is 1. The molecule has 0 saturated carbocycles. The number of hydrogen-bond donors (Lipinski definition) is 1. The van der Waals surface area contributed by atoms with Crippen LogP contribution in [0.4, 0.5) is 0 Å². The molecule has 0 spiro atoms. The molecule has 2 rings (SSSR count). The van der Waals surface area contributed by atoms with Gasteiger partial charge in [0.05, 0.1) is 13.2 Å². The monoisotopic (exact) mass is 307 g/mol. The smallest absolute Gasteiger partial charge is 0.316 e. The molecule has 0 aliphatic heterocycles. The first-order chi connectivity index (χ1) is 8.61. The molecule has 0 radical (unpaired) electrons. The highest BCUT2D eigenvalue weighted by atomic mass is 79.9. The largest absolute Gasteiger partial charge is 0.467 e. The minimum Gasteiger partial charge on any atom is -0.467 e. The van der Waals surface area contributed by atoms with Crippen LogP contribution in [0.2, 0.25) is 0 Å². The lowest BCUT2D eigenvalue weighted by Crippen LogP contribution is -2.13. The number of ether oxygens (including phenoxy) is 1. The van der Waals surface area contributed by atoms with Gasteiger partial charge in [0.25, 0.3) is 0 Å². The zero-order valence-electron chi connectivity index (χ0n) is 10.2. The van der Waals surface area contributed by atoms with Gasteiger partial charge >= 0.3 is 6.01 Å². The molecule has 4 nitrogen and oxygen atoms in total. The normalized spacial score (nSPS) is 12.2. The van der Waals surface area contributed by atoms with Gasteiger partial charge in [-0.3, -0.25) is 0 Å². The average molecular weight is 308 g/mol. The summed E-state index contributed by atoms with van der Waals surface area (Å²) in [6, 6.07) is 6.15. The molecule has 1 atom stereocenters. The van der Waals surface area contributed by atoms with Crippen LogP contribution in [0.1, 0.15) is 22.7 Å². The van der Waals surface area contributed by atoms with Gasteiger partial charge in [-0.05, 0) is 24.1 Å². The van der Waals surface area contributed by atoms with E-state index in [2.05, 4.69) is 32.0 Å². The maximum atomic E-state index is 6.19. The Morgan fingerprint density at radius 2 is 1.89 bits per heavy atom. The molecular formula is C13H14BrN3O. The molecule has 0 amide bonds. The molecular weight excluding hydrogens is 294 g/mol. The lowest BCUT2D eigenvalue weighted by Gasteiger charge is -2.13. The van der Waals surface area contributed by atoms with E-state index in [1.54, 1.807) is 12.4 Å². The van der Waals surface area contributed by atoms with Crippen molar-refractivity contribution in [2.75, 3.05) is 7.11 Å². The van der Waals surface area contributed by atoms with E-state index in [9.17, 15) is 0 Å². The van der Waals surface area contributed by atoms with E-state index in [1.807, 2.05) is 19.1 Å². The van der Waals surface area contributed by atoms with Gasteiger partial charge in [-0.15, -0.1) is 0 Å². The lowest BCUT2D eigenvalue weighted by molar-refractivity contribution is 0.379. The highest BCUT2D eigenvalue weighted by Gasteiger charge is 2.11. The fourth-order valence-corrected chi connectivity index (χ4v) is 1.89. The SMILES string of the molecule is COc1ncc(C(N)c2ccc(Br)c(C)c2)cn1. The maximum Gasteiger partial charge on any atom is 0.316 e. The van der Waals surface area contributed by atoms with Crippen LogP contribution < -0.4 is 10.5 Å². The molecule has 0 bridgehead atoms. The minimum absolute atomic E-state index is 0.234. The van der Waals surface area contributed by atoms with E-state index < -0.39 is 0 Å². The van der Waals surface area contributed by atoms with E-state index in [-0.39, 0.29) is 6.04 Å². The predicted octanol–water partition coefficient (Wildman–Crippen LogP) is 2.60. The molecule has 1 aromatic heterocycles. The summed E-state index contributed by atoms with van der Waals surface area (Å²) in [5.41, 5.74) is 9.23. The van der Waals surface area contributed by atoms with Gasteiger partial charge in [-0.25, -0.2) is 9.97 Å². The fourth-order valence-electron chi connectivity index (χ4n) is 1.65. The Morgan fingerprint density at radius 3 is 2.44 bits per heavy atom. The van der Waals surface area contributed by atoms with Crippen molar-refractivity contribution in [3.63, 3.8) is 0 Å². The molecule has 1 heterocycles. The maximum absolute atomic E-state index is 6.19. The Labute approximate surface area is 114 Å². The van der Waals surface area contributed by atoms with E-state index >= 15 is 0 Å². The molecule has 5 heteroatoms. The van der Waals surface area contributed by atoms with Crippen molar-refractivity contribution in [3.8, 4) is 6.01 Å². The van der Waals surface area contributed by atoms with Gasteiger partial charge < -0.3 is 10.5 Å². The Balaban J connectivity index is 2.28. The Hall–Kier alpha value is -1.46. The van der Waals surface area contributed by atoms with Crippen molar-refractivity contribution in [3.05, 3.63) is 51.8 Å². The molecule has 0 saturated heterocycles. The van der Waals surface area contributed by atoms with Crippen LogP contribution in [0.15, 0.2) is 35.1 Å². The van der Waals surface area contributed by atoms with Crippen molar-refractivity contribution in [2.24, 2.45) is 5.73 Å². The van der Waals surface area contributed by atoms with Crippen LogP contribution in [0.25, 0.3) is 0 Å². The molecule has 18 heavy (non-hydrogen) atoms. The summed E-state index contributed by atoms with van der Waals surface area (Å²) in [7, 11) is 1.53. The van der Waals surface area contributed by atoms with E-state index in [1.165, 1.54) is 7.11 Å². The topological polar surface area (TPSA) is 61.0 Å². The fraction of sp³-hybridized carbons (Fsp3) is 0.231. The lowest BCUT2D eigenvalue weighted by atomic mass is 10.0. The average Bonchev–Trinajstić information content (AvgIpc) is 2.41. The standard InChI is InChI=1S/C13H14BrN3O/c1-8-5-9(3-4-11(8)14)12(15)10-6-16-13(18-2)17-7-10/h3-7,12H,15H2,1-2H3. The van der Waals surface area contributed by atoms with Crippen molar-refractivity contribution >= 4 is 15.9 Å². The molecule has 94 valence electrons. The molecule has 0 aliphatic rings. The first-order valence-corrected chi connectivity index (χ1v) is 6.28. The highest BCUT2D eigenvalue weighted by molar-refractivity contribution is 9.10. The summed E-state index contributed by atoms with van der Waals surface area (Å²) in [5, 5.41) is 0. The van der Waals surface area contributed by atoms with Crippen LogP contribution in [0, 0.1) is 6.92 Å². The zero-order valence-corrected chi connectivity index (χ0v) is 11.8. The summed E-state index contributed by atoms with van der Waals surface area (Å²) >= 11 is 3.47. The second kappa shape index (κ2) is 5.46.